The van der Waals surface area contributed by atoms with Crippen LogP contribution < -0.4 is 5.32 Å². The second kappa shape index (κ2) is 16.2. The average molecular weight is 464 g/mol. The predicted molar refractivity (Wildman–Crippen MR) is 127 cm³/mol. The Morgan fingerprint density at radius 2 is 1.85 bits per heavy atom. The summed E-state index contributed by atoms with van der Waals surface area (Å²) in [6.45, 7) is 5.45. The molecule has 7 nitrogen and oxygen atoms in total. The highest BCUT2D eigenvalue weighted by atomic mass is 16.6. The van der Waals surface area contributed by atoms with Crippen LogP contribution in [0.5, 0.6) is 0 Å². The van der Waals surface area contributed by atoms with Crippen molar-refractivity contribution >= 4 is 23.6 Å². The highest BCUT2D eigenvalue weighted by Crippen LogP contribution is 2.37. The fraction of sp³-hybridized carbons (Fsp3) is 0.692. The van der Waals surface area contributed by atoms with Crippen molar-refractivity contribution in [2.45, 2.75) is 84.7 Å². The van der Waals surface area contributed by atoms with Crippen molar-refractivity contribution in [1.29, 1.82) is 0 Å². The molecule has 1 rings (SSSR count). The van der Waals surface area contributed by atoms with Gasteiger partial charge in [-0.1, -0.05) is 50.5 Å². The second-order valence-corrected chi connectivity index (χ2v) is 8.73. The highest BCUT2D eigenvalue weighted by molar-refractivity contribution is 5.84. The summed E-state index contributed by atoms with van der Waals surface area (Å²) in [4.78, 5) is 47.0. The molecule has 1 N–H and O–H groups in total. The third kappa shape index (κ3) is 11.3. The van der Waals surface area contributed by atoms with E-state index in [4.69, 9.17) is 4.74 Å². The van der Waals surface area contributed by atoms with Gasteiger partial charge >= 0.3 is 11.9 Å². The first-order chi connectivity index (χ1) is 15.8. The van der Waals surface area contributed by atoms with Gasteiger partial charge in [-0.25, -0.2) is 4.79 Å². The number of ether oxygens (including phenoxy) is 2. The molecule has 186 valence electrons. The van der Waals surface area contributed by atoms with Crippen LogP contribution in [0.25, 0.3) is 0 Å². The minimum atomic E-state index is -0.921. The smallest absolute Gasteiger partial charge is 0.347 e. The van der Waals surface area contributed by atoms with E-state index in [0.717, 1.165) is 12.8 Å². The molecule has 0 aromatic rings. The van der Waals surface area contributed by atoms with Crippen molar-refractivity contribution in [3.63, 3.8) is 0 Å². The van der Waals surface area contributed by atoms with Crippen molar-refractivity contribution < 1.29 is 28.7 Å². The maximum Gasteiger partial charge on any atom is 0.347 e. The van der Waals surface area contributed by atoms with Crippen molar-refractivity contribution in [2.75, 3.05) is 13.7 Å². The van der Waals surface area contributed by atoms with Gasteiger partial charge in [0.1, 0.15) is 5.78 Å². The van der Waals surface area contributed by atoms with E-state index in [2.05, 4.69) is 29.1 Å². The van der Waals surface area contributed by atoms with Gasteiger partial charge in [0.25, 0.3) is 0 Å². The van der Waals surface area contributed by atoms with Crippen LogP contribution in [-0.4, -0.2) is 43.4 Å². The van der Waals surface area contributed by atoms with Gasteiger partial charge in [0.15, 0.2) is 6.10 Å². The van der Waals surface area contributed by atoms with Gasteiger partial charge < -0.3 is 14.8 Å². The third-order valence-corrected chi connectivity index (χ3v) is 6.01. The zero-order valence-corrected chi connectivity index (χ0v) is 20.6. The summed E-state index contributed by atoms with van der Waals surface area (Å²) in [5.74, 6) is -0.862. The van der Waals surface area contributed by atoms with Crippen LogP contribution in [0.2, 0.25) is 0 Å². The van der Waals surface area contributed by atoms with E-state index in [-0.39, 0.29) is 29.4 Å². The molecule has 1 amide bonds. The summed E-state index contributed by atoms with van der Waals surface area (Å²) in [5, 5.41) is 2.87. The van der Waals surface area contributed by atoms with Crippen LogP contribution in [0.4, 0.5) is 0 Å². The SMILES string of the molecule is CCCCCC/C=C/[C@H]1[C@H](CNC(C)=O)CC(=O)[C@@H]1C/C=C\CCC(OC(C)=O)C(=O)OC. The van der Waals surface area contributed by atoms with Gasteiger partial charge in [0, 0.05) is 32.7 Å². The van der Waals surface area contributed by atoms with E-state index < -0.39 is 18.0 Å². The number of carbonyl (C=O) groups is 4. The minimum absolute atomic E-state index is 0.0824. The number of hydrogen-bond donors (Lipinski definition) is 1. The van der Waals surface area contributed by atoms with E-state index in [1.165, 1.54) is 40.2 Å². The summed E-state index contributed by atoms with van der Waals surface area (Å²) in [6, 6.07) is 0. The van der Waals surface area contributed by atoms with Crippen molar-refractivity contribution in [2.24, 2.45) is 17.8 Å². The van der Waals surface area contributed by atoms with Gasteiger partial charge in [0.05, 0.1) is 7.11 Å². The molecule has 0 aliphatic heterocycles. The first kappa shape index (κ1) is 28.6. The number of carbonyl (C=O) groups excluding carboxylic acids is 4. The Labute approximate surface area is 198 Å². The van der Waals surface area contributed by atoms with Crippen molar-refractivity contribution in [1.82, 2.24) is 5.32 Å². The first-order valence-electron chi connectivity index (χ1n) is 12.1. The predicted octanol–water partition coefficient (Wildman–Crippen LogP) is 4.30. The standard InChI is InChI=1S/C26H41NO6/c1-5-6-7-8-9-11-14-22-21(18-27-19(2)28)17-24(30)23(22)15-12-10-13-16-25(26(31)32-4)33-20(3)29/h10-12,14,21-23,25H,5-9,13,15-18H2,1-4H3,(H,27,28)/b12-10-,14-11+/t21-,22-,23+,25?/m0/s1. The number of hydrogen-bond acceptors (Lipinski definition) is 6. The zero-order chi connectivity index (χ0) is 24.6. The molecular weight excluding hydrogens is 422 g/mol. The third-order valence-electron chi connectivity index (χ3n) is 6.01. The van der Waals surface area contributed by atoms with Crippen LogP contribution in [-0.2, 0) is 28.7 Å². The number of unbranched alkanes of at least 4 members (excludes halogenated alkanes) is 4. The van der Waals surface area contributed by atoms with Crippen LogP contribution in [0, 0.1) is 17.8 Å². The first-order valence-corrected chi connectivity index (χ1v) is 12.1. The molecule has 0 radical (unpaired) electrons. The second-order valence-electron chi connectivity index (χ2n) is 8.73. The van der Waals surface area contributed by atoms with Gasteiger partial charge in [-0.15, -0.1) is 0 Å². The minimum Gasteiger partial charge on any atom is -0.466 e. The molecule has 1 unspecified atom stereocenters. The van der Waals surface area contributed by atoms with Crippen molar-refractivity contribution in [3.8, 4) is 0 Å². The van der Waals surface area contributed by atoms with Crippen LogP contribution in [0.15, 0.2) is 24.3 Å². The average Bonchev–Trinajstić information content (AvgIpc) is 3.07. The molecule has 1 fully saturated rings. The molecule has 0 saturated heterocycles. The Morgan fingerprint density at radius 1 is 1.09 bits per heavy atom. The fourth-order valence-electron chi connectivity index (χ4n) is 4.26. The maximum atomic E-state index is 12.7. The molecule has 1 aliphatic rings. The molecule has 0 aromatic heterocycles. The van der Waals surface area contributed by atoms with E-state index in [1.807, 2.05) is 12.2 Å². The molecule has 7 heteroatoms. The van der Waals surface area contributed by atoms with E-state index in [0.29, 0.717) is 32.2 Å². The molecule has 0 aromatic carbocycles. The summed E-state index contributed by atoms with van der Waals surface area (Å²) in [7, 11) is 1.26. The summed E-state index contributed by atoms with van der Waals surface area (Å²) in [6.07, 6.45) is 15.1. The molecule has 0 spiro atoms. The van der Waals surface area contributed by atoms with Gasteiger partial charge in [-0.2, -0.15) is 0 Å². The number of rotatable bonds is 15. The number of amides is 1. The van der Waals surface area contributed by atoms with E-state index >= 15 is 0 Å². The lowest BCUT2D eigenvalue weighted by atomic mass is 9.86. The lowest BCUT2D eigenvalue weighted by Gasteiger charge is -2.20. The van der Waals surface area contributed by atoms with Crippen LogP contribution in [0.3, 0.4) is 0 Å². The summed E-state index contributed by atoms with van der Waals surface area (Å²) in [5.41, 5.74) is 0. The lowest BCUT2D eigenvalue weighted by molar-refractivity contribution is -0.165. The molecule has 1 saturated carbocycles. The number of methoxy groups -OCH3 is 1. The lowest BCUT2D eigenvalue weighted by Crippen LogP contribution is -2.29. The molecule has 4 atom stereocenters. The van der Waals surface area contributed by atoms with Gasteiger partial charge in [-0.3, -0.25) is 14.4 Å². The summed E-state index contributed by atoms with van der Waals surface area (Å²) < 4.78 is 9.69. The number of esters is 2. The summed E-state index contributed by atoms with van der Waals surface area (Å²) >= 11 is 0. The molecule has 0 bridgehead atoms. The topological polar surface area (TPSA) is 98.8 Å². The molecule has 33 heavy (non-hydrogen) atoms. The number of Topliss-reactive ketones (excluding diaryl/α,β-unsaturated/α-hetero) is 1. The highest BCUT2D eigenvalue weighted by Gasteiger charge is 2.39. The Balaban J connectivity index is 2.69. The quantitative estimate of drug-likeness (QED) is 0.221. The van der Waals surface area contributed by atoms with Gasteiger partial charge in [-0.05, 0) is 43.9 Å². The monoisotopic (exact) mass is 463 g/mol. The largest absolute Gasteiger partial charge is 0.466 e. The van der Waals surface area contributed by atoms with E-state index in [9.17, 15) is 19.2 Å². The van der Waals surface area contributed by atoms with E-state index in [1.54, 1.807) is 0 Å². The Morgan fingerprint density at radius 3 is 2.48 bits per heavy atom. The molecule has 0 heterocycles. The Bertz CT molecular complexity index is 699. The van der Waals surface area contributed by atoms with Crippen LogP contribution >= 0.6 is 0 Å². The molecular formula is C26H41NO6. The number of allylic oxidation sites excluding steroid dienone is 4. The number of ketones is 1. The Kier molecular flexibility index (Phi) is 14.1. The fourth-order valence-corrected chi connectivity index (χ4v) is 4.26. The molecule has 1 aliphatic carbocycles. The van der Waals surface area contributed by atoms with Crippen LogP contribution in [0.1, 0.15) is 78.6 Å². The Hall–Kier alpha value is -2.44. The maximum absolute atomic E-state index is 12.7. The van der Waals surface area contributed by atoms with Gasteiger partial charge in [0.2, 0.25) is 5.91 Å². The zero-order valence-electron chi connectivity index (χ0n) is 20.6. The number of nitrogens with one attached hydrogen (secondary N) is 1. The normalized spacial score (nSPS) is 21.5. The van der Waals surface area contributed by atoms with Crippen molar-refractivity contribution in [3.05, 3.63) is 24.3 Å².